The van der Waals surface area contributed by atoms with Crippen LogP contribution in [0.4, 0.5) is 17.3 Å². The molecular weight excluding hydrogens is 242 g/mol. The molecule has 2 rings (SSSR count). The largest absolute Gasteiger partial charge is 0.384 e. The molecule has 0 spiro atoms. The van der Waals surface area contributed by atoms with Crippen molar-refractivity contribution < 1.29 is 4.74 Å². The smallest absolute Gasteiger partial charge is 0.145 e. The number of hydrazine groups is 1. The van der Waals surface area contributed by atoms with Gasteiger partial charge in [0.15, 0.2) is 0 Å². The van der Waals surface area contributed by atoms with E-state index in [2.05, 4.69) is 26.8 Å². The third-order valence-electron chi connectivity index (χ3n) is 2.67. The molecule has 0 aliphatic heterocycles. The number of aromatic nitrogens is 2. The highest BCUT2D eigenvalue weighted by molar-refractivity contribution is 5.62. The van der Waals surface area contributed by atoms with E-state index < -0.39 is 0 Å². The summed E-state index contributed by atoms with van der Waals surface area (Å²) in [6.45, 7) is 0.679. The molecule has 6 nitrogen and oxygen atoms in total. The number of nitrogen functional groups attached to an aromatic ring is 1. The van der Waals surface area contributed by atoms with E-state index in [9.17, 15) is 0 Å². The lowest BCUT2D eigenvalue weighted by molar-refractivity contribution is 0.202. The van der Waals surface area contributed by atoms with Gasteiger partial charge in [-0.25, -0.2) is 15.8 Å². The first-order valence-corrected chi connectivity index (χ1v) is 5.96. The van der Waals surface area contributed by atoms with E-state index in [-0.39, 0.29) is 0 Å². The van der Waals surface area contributed by atoms with E-state index in [0.717, 1.165) is 12.1 Å². The zero-order valence-electron chi connectivity index (χ0n) is 10.8. The van der Waals surface area contributed by atoms with Gasteiger partial charge >= 0.3 is 0 Å². The number of rotatable bonds is 6. The lowest BCUT2D eigenvalue weighted by Crippen LogP contribution is -2.09. The topological polar surface area (TPSA) is 85.1 Å². The Kier molecular flexibility index (Phi) is 4.66. The van der Waals surface area contributed by atoms with Gasteiger partial charge in [-0.05, 0) is 18.1 Å². The summed E-state index contributed by atoms with van der Waals surface area (Å²) in [6.07, 6.45) is 2.29. The molecule has 0 radical (unpaired) electrons. The summed E-state index contributed by atoms with van der Waals surface area (Å²) in [5.41, 5.74) is 4.66. The van der Waals surface area contributed by atoms with Crippen LogP contribution in [0.2, 0.25) is 0 Å². The first-order chi connectivity index (χ1) is 9.33. The van der Waals surface area contributed by atoms with Gasteiger partial charge in [-0.3, -0.25) is 0 Å². The number of benzene rings is 1. The summed E-state index contributed by atoms with van der Waals surface area (Å²) in [4.78, 5) is 8.12. The van der Waals surface area contributed by atoms with Crippen LogP contribution in [0.3, 0.4) is 0 Å². The van der Waals surface area contributed by atoms with Crippen molar-refractivity contribution in [3.63, 3.8) is 0 Å². The number of ether oxygens (including phenoxy) is 1. The van der Waals surface area contributed by atoms with E-state index in [1.807, 2.05) is 18.2 Å². The van der Waals surface area contributed by atoms with Crippen molar-refractivity contribution in [2.45, 2.75) is 6.42 Å². The number of methoxy groups -OCH3 is 1. The predicted octanol–water partition coefficient (Wildman–Crippen LogP) is 1.69. The van der Waals surface area contributed by atoms with Gasteiger partial charge in [-0.2, -0.15) is 0 Å². The highest BCUT2D eigenvalue weighted by Crippen LogP contribution is 2.20. The van der Waals surface area contributed by atoms with Crippen molar-refractivity contribution in [3.05, 3.63) is 42.2 Å². The van der Waals surface area contributed by atoms with Crippen molar-refractivity contribution in [2.75, 3.05) is 24.5 Å². The van der Waals surface area contributed by atoms with Gasteiger partial charge in [0, 0.05) is 18.9 Å². The highest BCUT2D eigenvalue weighted by atomic mass is 16.5. The molecule has 0 unspecified atom stereocenters. The fourth-order valence-electron chi connectivity index (χ4n) is 1.71. The minimum atomic E-state index is 0.562. The Morgan fingerprint density at radius 1 is 1.21 bits per heavy atom. The zero-order chi connectivity index (χ0) is 13.5. The average Bonchev–Trinajstić information content (AvgIpc) is 2.46. The molecule has 0 saturated carbocycles. The van der Waals surface area contributed by atoms with Crippen molar-refractivity contribution in [3.8, 4) is 0 Å². The summed E-state index contributed by atoms with van der Waals surface area (Å²) in [7, 11) is 1.69. The maximum Gasteiger partial charge on any atom is 0.145 e. The molecule has 0 saturated heterocycles. The molecule has 4 N–H and O–H groups in total. The number of nitrogens with zero attached hydrogens (tertiary/aromatic N) is 2. The lowest BCUT2D eigenvalue weighted by atomic mass is 10.1. The van der Waals surface area contributed by atoms with Crippen molar-refractivity contribution in [2.24, 2.45) is 5.84 Å². The van der Waals surface area contributed by atoms with Crippen LogP contribution in [0.1, 0.15) is 5.56 Å². The Hall–Kier alpha value is -2.18. The van der Waals surface area contributed by atoms with Crippen LogP contribution in [-0.2, 0) is 11.2 Å². The summed E-state index contributed by atoms with van der Waals surface area (Å²) in [6, 6.07) is 9.78. The van der Waals surface area contributed by atoms with Crippen LogP contribution >= 0.6 is 0 Å². The van der Waals surface area contributed by atoms with E-state index in [1.54, 1.807) is 13.2 Å². The van der Waals surface area contributed by atoms with Crippen LogP contribution in [0.15, 0.2) is 36.7 Å². The minimum absolute atomic E-state index is 0.562. The molecule has 0 amide bonds. The summed E-state index contributed by atoms with van der Waals surface area (Å²) in [5, 5.41) is 3.25. The highest BCUT2D eigenvalue weighted by Gasteiger charge is 2.03. The van der Waals surface area contributed by atoms with Crippen LogP contribution in [0, 0.1) is 0 Å². The summed E-state index contributed by atoms with van der Waals surface area (Å²) in [5.74, 6) is 6.57. The Balaban J connectivity index is 2.17. The first kappa shape index (κ1) is 13.3. The number of nitrogens with two attached hydrogens (primary N) is 1. The summed E-state index contributed by atoms with van der Waals surface area (Å²) < 4.78 is 5.11. The third-order valence-corrected chi connectivity index (χ3v) is 2.67. The van der Waals surface area contributed by atoms with E-state index >= 15 is 0 Å². The normalized spacial score (nSPS) is 10.2. The van der Waals surface area contributed by atoms with Crippen LogP contribution in [0.25, 0.3) is 0 Å². The predicted molar refractivity (Wildman–Crippen MR) is 75.1 cm³/mol. The van der Waals surface area contributed by atoms with Crippen LogP contribution in [0.5, 0.6) is 0 Å². The molecule has 1 aromatic heterocycles. The van der Waals surface area contributed by atoms with Crippen molar-refractivity contribution in [1.82, 2.24) is 9.97 Å². The molecular formula is C13H17N5O. The molecule has 6 heteroatoms. The first-order valence-electron chi connectivity index (χ1n) is 5.96. The zero-order valence-corrected chi connectivity index (χ0v) is 10.8. The van der Waals surface area contributed by atoms with Gasteiger partial charge < -0.3 is 15.5 Å². The molecule has 0 aliphatic carbocycles. The van der Waals surface area contributed by atoms with Gasteiger partial charge in [0.25, 0.3) is 0 Å². The minimum Gasteiger partial charge on any atom is -0.384 e. The molecule has 2 aromatic rings. The molecule has 100 valence electrons. The van der Waals surface area contributed by atoms with Crippen LogP contribution in [-0.4, -0.2) is 23.7 Å². The number of hydrogen-bond acceptors (Lipinski definition) is 6. The van der Waals surface area contributed by atoms with Crippen molar-refractivity contribution >= 4 is 17.3 Å². The summed E-state index contributed by atoms with van der Waals surface area (Å²) >= 11 is 0. The standard InChI is InChI=1S/C13H17N5O/c1-19-7-6-10-4-2-3-5-11(10)17-12-8-13(18-14)16-9-15-12/h2-5,8-9H,6-7,14H2,1H3,(H2,15,16,17,18). The molecule has 0 fully saturated rings. The Labute approximate surface area is 112 Å². The maximum atomic E-state index is 5.32. The Morgan fingerprint density at radius 3 is 2.79 bits per heavy atom. The maximum absolute atomic E-state index is 5.32. The molecule has 19 heavy (non-hydrogen) atoms. The number of nitrogens with one attached hydrogen (secondary N) is 2. The molecule has 0 bridgehead atoms. The number of anilines is 3. The van der Waals surface area contributed by atoms with Crippen molar-refractivity contribution in [1.29, 1.82) is 0 Å². The quantitative estimate of drug-likeness (QED) is 0.541. The fourth-order valence-corrected chi connectivity index (χ4v) is 1.71. The average molecular weight is 259 g/mol. The van der Waals surface area contributed by atoms with E-state index in [0.29, 0.717) is 18.2 Å². The van der Waals surface area contributed by atoms with Gasteiger partial charge in [0.1, 0.15) is 18.0 Å². The SMILES string of the molecule is COCCc1ccccc1Nc1cc(NN)ncn1. The van der Waals surface area contributed by atoms with Gasteiger partial charge in [0.05, 0.1) is 6.61 Å². The van der Waals surface area contributed by atoms with Crippen LogP contribution < -0.4 is 16.6 Å². The Bertz CT molecular complexity index is 532. The molecule has 1 aromatic carbocycles. The monoisotopic (exact) mass is 259 g/mol. The molecule has 0 atom stereocenters. The lowest BCUT2D eigenvalue weighted by Gasteiger charge is -2.11. The number of hydrogen-bond donors (Lipinski definition) is 3. The number of para-hydroxylation sites is 1. The van der Waals surface area contributed by atoms with Gasteiger partial charge in [0.2, 0.25) is 0 Å². The Morgan fingerprint density at radius 2 is 2.00 bits per heavy atom. The second kappa shape index (κ2) is 6.67. The van der Waals surface area contributed by atoms with E-state index in [1.165, 1.54) is 11.9 Å². The van der Waals surface area contributed by atoms with Gasteiger partial charge in [-0.15, -0.1) is 0 Å². The van der Waals surface area contributed by atoms with E-state index in [4.69, 9.17) is 10.6 Å². The fraction of sp³-hybridized carbons (Fsp3) is 0.231. The third kappa shape index (κ3) is 3.64. The second-order valence-electron chi connectivity index (χ2n) is 3.96. The molecule has 0 aliphatic rings. The second-order valence-corrected chi connectivity index (χ2v) is 3.96. The molecule has 1 heterocycles. The van der Waals surface area contributed by atoms with Gasteiger partial charge in [-0.1, -0.05) is 18.2 Å².